The third kappa shape index (κ3) is 4.91. The summed E-state index contributed by atoms with van der Waals surface area (Å²) in [5, 5.41) is 2.82. The zero-order chi connectivity index (χ0) is 23.4. The number of hydrogen-bond acceptors (Lipinski definition) is 3. The highest BCUT2D eigenvalue weighted by Crippen LogP contribution is 2.26. The van der Waals surface area contributed by atoms with Crippen LogP contribution in [-0.4, -0.2) is 42.5 Å². The molecular weight excluding hydrogens is 402 g/mol. The van der Waals surface area contributed by atoms with Gasteiger partial charge in [0.25, 0.3) is 5.91 Å². The Bertz CT molecular complexity index is 1170. The lowest BCUT2D eigenvalue weighted by Crippen LogP contribution is -2.22. The van der Waals surface area contributed by atoms with Crippen molar-refractivity contribution < 1.29 is 14.3 Å². The molecule has 0 radical (unpaired) electrons. The lowest BCUT2D eigenvalue weighted by molar-refractivity contribution is -0.111. The summed E-state index contributed by atoms with van der Waals surface area (Å²) in [6.07, 6.45) is 3.28. The van der Waals surface area contributed by atoms with Crippen LogP contribution < -0.4 is 10.1 Å². The van der Waals surface area contributed by atoms with Crippen LogP contribution in [0, 0.1) is 20.8 Å². The smallest absolute Gasteiger partial charge is 0.253 e. The van der Waals surface area contributed by atoms with Crippen molar-refractivity contribution in [2.75, 3.05) is 26.5 Å². The van der Waals surface area contributed by atoms with Crippen molar-refractivity contribution in [3.63, 3.8) is 0 Å². The highest BCUT2D eigenvalue weighted by Gasteiger charge is 2.13. The number of nitrogens with zero attached hydrogens (tertiary/aromatic N) is 2. The summed E-state index contributed by atoms with van der Waals surface area (Å²) in [5.41, 5.74) is 6.30. The van der Waals surface area contributed by atoms with Crippen molar-refractivity contribution in [1.29, 1.82) is 0 Å². The van der Waals surface area contributed by atoms with Crippen LogP contribution in [0.4, 0.5) is 5.69 Å². The van der Waals surface area contributed by atoms with Crippen LogP contribution in [0.5, 0.6) is 5.75 Å². The molecule has 3 rings (SSSR count). The summed E-state index contributed by atoms with van der Waals surface area (Å²) in [6.45, 7) is 6.14. The second-order valence-corrected chi connectivity index (χ2v) is 7.93. The van der Waals surface area contributed by atoms with Gasteiger partial charge in [-0.2, -0.15) is 0 Å². The summed E-state index contributed by atoms with van der Waals surface area (Å²) in [6, 6.07) is 15.4. The molecule has 0 fully saturated rings. The molecule has 0 spiro atoms. The number of aromatic nitrogens is 1. The molecule has 32 heavy (non-hydrogen) atoms. The molecular formula is C26H29N3O3. The molecule has 1 aromatic heterocycles. The van der Waals surface area contributed by atoms with Crippen LogP contribution in [0.25, 0.3) is 11.8 Å². The minimum absolute atomic E-state index is 0.151. The number of ether oxygens (including phenoxy) is 1. The Balaban J connectivity index is 1.82. The van der Waals surface area contributed by atoms with Crippen molar-refractivity contribution in [3.8, 4) is 11.4 Å². The molecule has 2 aromatic carbocycles. The number of hydrogen-bond donors (Lipinski definition) is 1. The van der Waals surface area contributed by atoms with E-state index in [1.165, 1.54) is 23.6 Å². The molecule has 0 aliphatic heterocycles. The first-order valence-corrected chi connectivity index (χ1v) is 10.4. The molecule has 0 aliphatic carbocycles. The van der Waals surface area contributed by atoms with E-state index in [0.717, 1.165) is 22.6 Å². The topological polar surface area (TPSA) is 63.6 Å². The SMILES string of the molecule is COc1ccc(C(=O)N(C)C)cc1NC(=O)C=Cc1cc(C)n(-c2ccc(C)cc2)c1C. The van der Waals surface area contributed by atoms with Crippen LogP contribution in [0.1, 0.15) is 32.9 Å². The Morgan fingerprint density at radius 2 is 1.69 bits per heavy atom. The number of methoxy groups -OCH3 is 1. The van der Waals surface area contributed by atoms with Gasteiger partial charge in [0.05, 0.1) is 12.8 Å². The van der Waals surface area contributed by atoms with E-state index >= 15 is 0 Å². The molecule has 0 saturated heterocycles. The Morgan fingerprint density at radius 1 is 1.00 bits per heavy atom. The molecule has 1 N–H and O–H groups in total. The first-order valence-electron chi connectivity index (χ1n) is 10.4. The van der Waals surface area contributed by atoms with E-state index in [4.69, 9.17) is 4.74 Å². The number of aryl methyl sites for hydroxylation is 2. The van der Waals surface area contributed by atoms with Crippen molar-refractivity contribution in [2.45, 2.75) is 20.8 Å². The van der Waals surface area contributed by atoms with Gasteiger partial charge in [-0.1, -0.05) is 17.7 Å². The number of carbonyl (C=O) groups excluding carboxylic acids is 2. The predicted octanol–water partition coefficient (Wildman–Crippen LogP) is 4.76. The molecule has 0 bridgehead atoms. The highest BCUT2D eigenvalue weighted by molar-refractivity contribution is 6.04. The first kappa shape index (κ1) is 22.9. The van der Waals surface area contributed by atoms with Gasteiger partial charge in [0.1, 0.15) is 5.75 Å². The van der Waals surface area contributed by atoms with Gasteiger partial charge in [-0.05, 0) is 68.8 Å². The molecule has 166 valence electrons. The molecule has 6 nitrogen and oxygen atoms in total. The summed E-state index contributed by atoms with van der Waals surface area (Å²) in [7, 11) is 4.88. The van der Waals surface area contributed by atoms with Gasteiger partial charge in [-0.15, -0.1) is 0 Å². The minimum atomic E-state index is -0.308. The zero-order valence-corrected chi connectivity index (χ0v) is 19.4. The second-order valence-electron chi connectivity index (χ2n) is 7.93. The fraction of sp³-hybridized carbons (Fsp3) is 0.231. The molecule has 0 unspecified atom stereocenters. The number of nitrogens with one attached hydrogen (secondary N) is 1. The third-order valence-corrected chi connectivity index (χ3v) is 5.29. The van der Waals surface area contributed by atoms with Gasteiger partial charge < -0.3 is 19.5 Å². The normalized spacial score (nSPS) is 10.9. The lowest BCUT2D eigenvalue weighted by atomic mass is 10.1. The Labute approximate surface area is 189 Å². The quantitative estimate of drug-likeness (QED) is 0.572. The van der Waals surface area contributed by atoms with Gasteiger partial charge in [-0.3, -0.25) is 9.59 Å². The Hall–Kier alpha value is -3.80. The van der Waals surface area contributed by atoms with E-state index in [1.54, 1.807) is 38.4 Å². The fourth-order valence-corrected chi connectivity index (χ4v) is 3.58. The molecule has 3 aromatic rings. The van der Waals surface area contributed by atoms with Crippen molar-refractivity contribution in [2.24, 2.45) is 0 Å². The van der Waals surface area contributed by atoms with E-state index in [2.05, 4.69) is 47.1 Å². The number of amides is 2. The maximum atomic E-state index is 12.6. The average molecular weight is 432 g/mol. The van der Waals surface area contributed by atoms with E-state index in [9.17, 15) is 9.59 Å². The van der Waals surface area contributed by atoms with Gasteiger partial charge in [0, 0.05) is 42.8 Å². The monoisotopic (exact) mass is 431 g/mol. The van der Waals surface area contributed by atoms with E-state index in [0.29, 0.717) is 17.0 Å². The van der Waals surface area contributed by atoms with Gasteiger partial charge in [0.15, 0.2) is 0 Å². The molecule has 1 heterocycles. The third-order valence-electron chi connectivity index (χ3n) is 5.29. The van der Waals surface area contributed by atoms with Crippen molar-refractivity contribution >= 4 is 23.6 Å². The largest absolute Gasteiger partial charge is 0.495 e. The summed E-state index contributed by atoms with van der Waals surface area (Å²) in [4.78, 5) is 26.4. The van der Waals surface area contributed by atoms with E-state index in [1.807, 2.05) is 13.8 Å². The van der Waals surface area contributed by atoms with Gasteiger partial charge in [0.2, 0.25) is 5.91 Å². The standard InChI is InChI=1S/C26H29N3O3/c1-17-7-11-22(12-8-17)29-18(2)15-20(19(29)3)10-14-25(30)27-23-16-21(26(31)28(4)5)9-13-24(23)32-6/h7-16H,1-6H3,(H,27,30). The number of rotatable bonds is 6. The molecule has 6 heteroatoms. The lowest BCUT2D eigenvalue weighted by Gasteiger charge is -2.14. The van der Waals surface area contributed by atoms with E-state index < -0.39 is 0 Å². The maximum absolute atomic E-state index is 12.6. The van der Waals surface area contributed by atoms with Crippen molar-refractivity contribution in [1.82, 2.24) is 9.47 Å². The van der Waals surface area contributed by atoms with Crippen LogP contribution in [-0.2, 0) is 4.79 Å². The van der Waals surface area contributed by atoms with Crippen LogP contribution in [0.3, 0.4) is 0 Å². The average Bonchev–Trinajstić information content (AvgIpc) is 3.05. The highest BCUT2D eigenvalue weighted by atomic mass is 16.5. The number of carbonyl (C=O) groups is 2. The van der Waals surface area contributed by atoms with E-state index in [-0.39, 0.29) is 11.8 Å². The summed E-state index contributed by atoms with van der Waals surface area (Å²) >= 11 is 0. The van der Waals surface area contributed by atoms with Gasteiger partial charge in [-0.25, -0.2) is 0 Å². The Kier molecular flexibility index (Phi) is 6.83. The Morgan fingerprint density at radius 3 is 2.31 bits per heavy atom. The van der Waals surface area contributed by atoms with Crippen LogP contribution in [0.2, 0.25) is 0 Å². The number of benzene rings is 2. The molecule has 0 atom stereocenters. The first-order chi connectivity index (χ1) is 15.2. The summed E-state index contributed by atoms with van der Waals surface area (Å²) < 4.78 is 7.50. The number of anilines is 1. The summed E-state index contributed by atoms with van der Waals surface area (Å²) in [5.74, 6) is 0.0275. The van der Waals surface area contributed by atoms with Crippen LogP contribution >= 0.6 is 0 Å². The molecule has 0 aliphatic rings. The van der Waals surface area contributed by atoms with Crippen LogP contribution in [0.15, 0.2) is 54.6 Å². The molecule has 0 saturated carbocycles. The second kappa shape index (κ2) is 9.56. The maximum Gasteiger partial charge on any atom is 0.253 e. The van der Waals surface area contributed by atoms with Gasteiger partial charge >= 0.3 is 0 Å². The minimum Gasteiger partial charge on any atom is -0.495 e. The van der Waals surface area contributed by atoms with Crippen molar-refractivity contribution in [3.05, 3.63) is 82.7 Å². The molecule has 2 amide bonds. The predicted molar refractivity (Wildman–Crippen MR) is 129 cm³/mol. The zero-order valence-electron chi connectivity index (χ0n) is 19.4. The fourth-order valence-electron chi connectivity index (χ4n) is 3.58.